The highest BCUT2D eigenvalue weighted by Gasteiger charge is 2.05. The molecule has 0 saturated carbocycles. The van der Waals surface area contributed by atoms with Crippen LogP contribution in [0.1, 0.15) is 11.3 Å². The Morgan fingerprint density at radius 3 is 2.71 bits per heavy atom. The predicted molar refractivity (Wildman–Crippen MR) is 85.3 cm³/mol. The normalized spacial score (nSPS) is 10.4. The number of rotatable bonds is 7. The van der Waals surface area contributed by atoms with E-state index in [1.54, 1.807) is 35.6 Å². The van der Waals surface area contributed by atoms with Crippen molar-refractivity contribution in [3.8, 4) is 5.75 Å². The van der Waals surface area contributed by atoms with Crippen molar-refractivity contribution in [2.24, 2.45) is 0 Å². The summed E-state index contributed by atoms with van der Waals surface area (Å²) in [4.78, 5) is 12.9. The summed E-state index contributed by atoms with van der Waals surface area (Å²) in [5.74, 6) is 0.624. The Hall–Kier alpha value is -1.56. The fourth-order valence-electron chi connectivity index (χ4n) is 1.74. The van der Waals surface area contributed by atoms with Crippen molar-refractivity contribution in [2.45, 2.75) is 12.8 Å². The molecule has 0 fully saturated rings. The minimum atomic E-state index is -0.0384. The first kappa shape index (κ1) is 15.8. The van der Waals surface area contributed by atoms with Gasteiger partial charge in [0.15, 0.2) is 0 Å². The fourth-order valence-corrected chi connectivity index (χ4v) is 2.82. The molecule has 1 amide bonds. The summed E-state index contributed by atoms with van der Waals surface area (Å²) in [6.45, 7) is 0.236. The average Bonchev–Trinajstić information content (AvgIpc) is 2.90. The van der Waals surface area contributed by atoms with Crippen LogP contribution < -0.4 is 10.1 Å². The van der Waals surface area contributed by atoms with E-state index in [-0.39, 0.29) is 19.1 Å². The minimum Gasteiger partial charge on any atom is -0.491 e. The van der Waals surface area contributed by atoms with Crippen molar-refractivity contribution < 1.29 is 14.6 Å². The quantitative estimate of drug-likeness (QED) is 0.820. The molecule has 1 aromatic heterocycles. The Labute approximate surface area is 132 Å². The van der Waals surface area contributed by atoms with Crippen molar-refractivity contribution in [3.05, 3.63) is 45.6 Å². The fraction of sp³-hybridized carbons (Fsp3) is 0.267. The van der Waals surface area contributed by atoms with Gasteiger partial charge in [0.1, 0.15) is 12.4 Å². The summed E-state index contributed by atoms with van der Waals surface area (Å²) in [7, 11) is 0. The van der Waals surface area contributed by atoms with Crippen LogP contribution in [0.3, 0.4) is 0 Å². The zero-order valence-electron chi connectivity index (χ0n) is 11.3. The number of aryl methyl sites for hydroxylation is 1. The number of carbonyl (C=O) groups excluding carboxylic acids is 1. The van der Waals surface area contributed by atoms with Crippen molar-refractivity contribution in [2.75, 3.05) is 18.5 Å². The summed E-state index contributed by atoms with van der Waals surface area (Å²) >= 11 is 7.40. The van der Waals surface area contributed by atoms with Gasteiger partial charge in [-0.05, 0) is 36.8 Å². The van der Waals surface area contributed by atoms with Gasteiger partial charge in [-0.15, -0.1) is 11.3 Å². The van der Waals surface area contributed by atoms with Crippen molar-refractivity contribution in [3.63, 3.8) is 0 Å². The van der Waals surface area contributed by atoms with Gasteiger partial charge in [0.2, 0.25) is 5.91 Å². The minimum absolute atomic E-state index is 0.0226. The summed E-state index contributed by atoms with van der Waals surface area (Å²) in [5, 5.41) is 14.1. The lowest BCUT2D eigenvalue weighted by Gasteiger charge is -2.07. The lowest BCUT2D eigenvalue weighted by Crippen LogP contribution is -2.12. The molecule has 1 aromatic carbocycles. The highest BCUT2D eigenvalue weighted by Crippen LogP contribution is 2.21. The number of aliphatic hydroxyl groups is 1. The monoisotopic (exact) mass is 325 g/mol. The van der Waals surface area contributed by atoms with Gasteiger partial charge in [-0.2, -0.15) is 0 Å². The van der Waals surface area contributed by atoms with E-state index in [2.05, 4.69) is 5.32 Å². The number of anilines is 1. The highest BCUT2D eigenvalue weighted by molar-refractivity contribution is 7.10. The number of aliphatic hydroxyl groups excluding tert-OH is 1. The molecular formula is C15H16ClNO3S. The molecule has 0 saturated heterocycles. The number of halogens is 1. The molecule has 21 heavy (non-hydrogen) atoms. The van der Waals surface area contributed by atoms with Crippen molar-refractivity contribution in [1.29, 1.82) is 0 Å². The number of ether oxygens (including phenoxy) is 1. The molecule has 2 N–H and O–H groups in total. The molecule has 0 unspecified atom stereocenters. The third-order valence-corrected chi connectivity index (χ3v) is 4.06. The molecular weight excluding hydrogens is 310 g/mol. The van der Waals surface area contributed by atoms with Crippen LogP contribution in [0.4, 0.5) is 5.69 Å². The molecule has 4 nitrogen and oxygen atoms in total. The maximum Gasteiger partial charge on any atom is 0.224 e. The van der Waals surface area contributed by atoms with E-state index in [1.165, 1.54) is 0 Å². The Bertz CT molecular complexity index is 583. The summed E-state index contributed by atoms with van der Waals surface area (Å²) < 4.78 is 5.25. The Morgan fingerprint density at radius 1 is 1.33 bits per heavy atom. The highest BCUT2D eigenvalue weighted by atomic mass is 35.5. The third-order valence-electron chi connectivity index (χ3n) is 2.72. The number of hydrogen-bond acceptors (Lipinski definition) is 4. The van der Waals surface area contributed by atoms with E-state index in [0.29, 0.717) is 23.6 Å². The molecule has 0 bridgehead atoms. The molecule has 0 aliphatic rings. The standard InChI is InChI=1S/C15H16ClNO3S/c16-11-9-14(21-10-11)5-6-15(19)17-12-1-3-13(4-2-12)20-8-7-18/h1-4,9-10,18H,5-8H2,(H,17,19). The third kappa shape index (κ3) is 5.38. The van der Waals surface area contributed by atoms with Gasteiger partial charge in [-0.25, -0.2) is 0 Å². The summed E-state index contributed by atoms with van der Waals surface area (Å²) in [6, 6.07) is 8.93. The van der Waals surface area contributed by atoms with E-state index < -0.39 is 0 Å². The first-order valence-corrected chi connectivity index (χ1v) is 7.79. The van der Waals surface area contributed by atoms with Crippen LogP contribution in [-0.4, -0.2) is 24.2 Å². The molecule has 0 aliphatic heterocycles. The SMILES string of the molecule is O=C(CCc1cc(Cl)cs1)Nc1ccc(OCCO)cc1. The predicted octanol–water partition coefficient (Wildman–Crippen LogP) is 3.34. The number of benzene rings is 1. The molecule has 0 radical (unpaired) electrons. The van der Waals surface area contributed by atoms with Gasteiger partial charge in [0, 0.05) is 22.4 Å². The van der Waals surface area contributed by atoms with E-state index in [4.69, 9.17) is 21.4 Å². The van der Waals surface area contributed by atoms with Crippen LogP contribution in [0.25, 0.3) is 0 Å². The van der Waals surface area contributed by atoms with Crippen LogP contribution in [0.15, 0.2) is 35.7 Å². The van der Waals surface area contributed by atoms with Gasteiger partial charge in [0.05, 0.1) is 11.6 Å². The first-order chi connectivity index (χ1) is 10.2. The van der Waals surface area contributed by atoms with Crippen LogP contribution in [0.2, 0.25) is 5.02 Å². The topological polar surface area (TPSA) is 58.6 Å². The van der Waals surface area contributed by atoms with Crippen LogP contribution in [-0.2, 0) is 11.2 Å². The van der Waals surface area contributed by atoms with Gasteiger partial charge >= 0.3 is 0 Å². The second-order valence-corrected chi connectivity index (χ2v) is 5.81. The number of carbonyl (C=O) groups is 1. The lowest BCUT2D eigenvalue weighted by atomic mass is 10.2. The molecule has 0 spiro atoms. The van der Waals surface area contributed by atoms with Gasteiger partial charge in [0.25, 0.3) is 0 Å². The Morgan fingerprint density at radius 2 is 2.10 bits per heavy atom. The molecule has 112 valence electrons. The summed E-state index contributed by atoms with van der Waals surface area (Å²) in [5.41, 5.74) is 0.723. The van der Waals surface area contributed by atoms with Crippen LogP contribution in [0, 0.1) is 0 Å². The number of hydrogen-bond donors (Lipinski definition) is 2. The zero-order chi connectivity index (χ0) is 15.1. The van der Waals surface area contributed by atoms with Crippen LogP contribution >= 0.6 is 22.9 Å². The molecule has 2 rings (SSSR count). The molecule has 0 atom stereocenters. The van der Waals surface area contributed by atoms with E-state index in [1.807, 2.05) is 11.4 Å². The van der Waals surface area contributed by atoms with E-state index in [0.717, 1.165) is 10.6 Å². The van der Waals surface area contributed by atoms with Gasteiger partial charge < -0.3 is 15.2 Å². The largest absolute Gasteiger partial charge is 0.491 e. The Balaban J connectivity index is 1.79. The number of amides is 1. The van der Waals surface area contributed by atoms with Crippen LogP contribution in [0.5, 0.6) is 5.75 Å². The van der Waals surface area contributed by atoms with E-state index in [9.17, 15) is 4.79 Å². The number of nitrogens with one attached hydrogen (secondary N) is 1. The maximum atomic E-state index is 11.8. The Kier molecular flexibility index (Phi) is 6.04. The first-order valence-electron chi connectivity index (χ1n) is 6.54. The van der Waals surface area contributed by atoms with Crippen molar-refractivity contribution in [1.82, 2.24) is 0 Å². The van der Waals surface area contributed by atoms with Gasteiger partial charge in [-0.3, -0.25) is 4.79 Å². The smallest absolute Gasteiger partial charge is 0.224 e. The van der Waals surface area contributed by atoms with Crippen molar-refractivity contribution >= 4 is 34.5 Å². The molecule has 1 heterocycles. The second-order valence-electron chi connectivity index (χ2n) is 4.38. The lowest BCUT2D eigenvalue weighted by molar-refractivity contribution is -0.116. The average molecular weight is 326 g/mol. The maximum absolute atomic E-state index is 11.8. The molecule has 6 heteroatoms. The van der Waals surface area contributed by atoms with Gasteiger partial charge in [-0.1, -0.05) is 11.6 Å². The van der Waals surface area contributed by atoms with E-state index >= 15 is 0 Å². The zero-order valence-corrected chi connectivity index (χ0v) is 12.9. The second kappa shape index (κ2) is 8.02. The molecule has 0 aliphatic carbocycles. The summed E-state index contributed by atoms with van der Waals surface area (Å²) in [6.07, 6.45) is 1.10. The molecule has 2 aromatic rings. The number of thiophene rings is 1.